The minimum absolute atomic E-state index is 0.173. The lowest BCUT2D eigenvalue weighted by atomic mass is 10.0. The van der Waals surface area contributed by atoms with Crippen LogP contribution in [0.4, 0.5) is 14.5 Å². The Balaban J connectivity index is 2.01. The smallest absolute Gasteiger partial charge is 0.124 e. The first-order valence-corrected chi connectivity index (χ1v) is 6.98. The number of nitriles is 1. The van der Waals surface area contributed by atoms with Crippen molar-refractivity contribution in [3.05, 3.63) is 65.2 Å². The zero-order valence-electron chi connectivity index (χ0n) is 11.7. The van der Waals surface area contributed by atoms with Gasteiger partial charge in [0.2, 0.25) is 0 Å². The molecule has 1 saturated heterocycles. The normalized spacial score (nSPS) is 20.9. The molecule has 2 atom stereocenters. The fourth-order valence-corrected chi connectivity index (χ4v) is 2.93. The molecule has 3 nitrogen and oxygen atoms in total. The maximum Gasteiger partial charge on any atom is 0.124 e. The number of aliphatic hydroxyl groups excluding tert-OH is 1. The van der Waals surface area contributed by atoms with E-state index in [2.05, 4.69) is 0 Å². The first-order chi connectivity index (χ1) is 10.6. The van der Waals surface area contributed by atoms with Crippen molar-refractivity contribution in [1.82, 2.24) is 0 Å². The van der Waals surface area contributed by atoms with Gasteiger partial charge in [-0.3, -0.25) is 0 Å². The highest BCUT2D eigenvalue weighted by Gasteiger charge is 2.33. The third-order valence-electron chi connectivity index (χ3n) is 3.92. The lowest BCUT2D eigenvalue weighted by molar-refractivity contribution is 0.194. The van der Waals surface area contributed by atoms with Crippen molar-refractivity contribution in [2.75, 3.05) is 11.4 Å². The van der Waals surface area contributed by atoms with E-state index in [0.717, 1.165) is 5.56 Å². The van der Waals surface area contributed by atoms with Crippen LogP contribution in [0.15, 0.2) is 42.5 Å². The molecule has 0 bridgehead atoms. The molecule has 0 aromatic heterocycles. The van der Waals surface area contributed by atoms with E-state index in [9.17, 15) is 19.1 Å². The van der Waals surface area contributed by atoms with Gasteiger partial charge in [-0.1, -0.05) is 12.1 Å². The monoisotopic (exact) mass is 300 g/mol. The topological polar surface area (TPSA) is 47.3 Å². The predicted molar refractivity (Wildman–Crippen MR) is 78.2 cm³/mol. The second-order valence-electron chi connectivity index (χ2n) is 5.38. The number of halogens is 2. The van der Waals surface area contributed by atoms with Crippen molar-refractivity contribution in [1.29, 1.82) is 5.26 Å². The van der Waals surface area contributed by atoms with Crippen molar-refractivity contribution in [3.8, 4) is 6.07 Å². The van der Waals surface area contributed by atoms with E-state index in [1.54, 1.807) is 18.2 Å². The van der Waals surface area contributed by atoms with Crippen LogP contribution in [-0.2, 0) is 0 Å². The number of hydrogen-bond acceptors (Lipinski definition) is 3. The van der Waals surface area contributed by atoms with Crippen molar-refractivity contribution < 1.29 is 13.9 Å². The maximum absolute atomic E-state index is 13.3. The molecule has 1 heterocycles. The molecule has 3 rings (SSSR count). The van der Waals surface area contributed by atoms with E-state index >= 15 is 0 Å². The molecule has 22 heavy (non-hydrogen) atoms. The average molecular weight is 300 g/mol. The highest BCUT2D eigenvalue weighted by molar-refractivity contribution is 5.61. The molecule has 2 aromatic carbocycles. The molecule has 5 heteroatoms. The minimum atomic E-state index is -0.549. The molecule has 2 aromatic rings. The van der Waals surface area contributed by atoms with Crippen LogP contribution in [0.2, 0.25) is 0 Å². The first-order valence-electron chi connectivity index (χ1n) is 6.98. The highest BCUT2D eigenvalue weighted by atomic mass is 19.1. The minimum Gasteiger partial charge on any atom is -0.391 e. The number of rotatable bonds is 2. The third kappa shape index (κ3) is 2.66. The number of hydrogen-bond donors (Lipinski definition) is 1. The van der Waals surface area contributed by atoms with E-state index in [4.69, 9.17) is 0 Å². The van der Waals surface area contributed by atoms with Gasteiger partial charge in [0.25, 0.3) is 0 Å². The second-order valence-corrected chi connectivity index (χ2v) is 5.38. The second kappa shape index (κ2) is 5.74. The van der Waals surface area contributed by atoms with Crippen molar-refractivity contribution in [2.24, 2.45) is 0 Å². The van der Waals surface area contributed by atoms with Crippen molar-refractivity contribution >= 4 is 5.69 Å². The summed E-state index contributed by atoms with van der Waals surface area (Å²) >= 11 is 0. The Kier molecular flexibility index (Phi) is 3.78. The summed E-state index contributed by atoms with van der Waals surface area (Å²) < 4.78 is 26.4. The Morgan fingerprint density at radius 1 is 1.09 bits per heavy atom. The van der Waals surface area contributed by atoms with Gasteiger partial charge >= 0.3 is 0 Å². The first kappa shape index (κ1) is 14.5. The van der Waals surface area contributed by atoms with Crippen LogP contribution in [0.5, 0.6) is 0 Å². The van der Waals surface area contributed by atoms with Crippen LogP contribution in [0.25, 0.3) is 0 Å². The van der Waals surface area contributed by atoms with Crippen LogP contribution in [0.3, 0.4) is 0 Å². The van der Waals surface area contributed by atoms with Crippen LogP contribution < -0.4 is 4.90 Å². The molecule has 0 aliphatic carbocycles. The summed E-state index contributed by atoms with van der Waals surface area (Å²) in [4.78, 5) is 1.87. The largest absolute Gasteiger partial charge is 0.391 e. The van der Waals surface area contributed by atoms with Crippen molar-refractivity contribution in [2.45, 2.75) is 18.6 Å². The summed E-state index contributed by atoms with van der Waals surface area (Å²) in [5.41, 5.74) is 1.65. The number of β-amino-alcohol motifs (C(OH)–C–C–N with tert-alkyl or cyclic N) is 1. The molecule has 0 radical (unpaired) electrons. The fourth-order valence-electron chi connectivity index (χ4n) is 2.93. The van der Waals surface area contributed by atoms with Gasteiger partial charge in [0.15, 0.2) is 0 Å². The SMILES string of the molecule is N#Cc1cc(F)ccc1N1C[C@@H](O)C[C@@H]1c1ccc(F)cc1. The molecule has 0 saturated carbocycles. The summed E-state index contributed by atoms with van der Waals surface area (Å²) in [7, 11) is 0. The number of benzene rings is 2. The summed E-state index contributed by atoms with van der Waals surface area (Å²) in [5, 5.41) is 19.2. The van der Waals surface area contributed by atoms with Crippen LogP contribution in [-0.4, -0.2) is 17.8 Å². The molecule has 0 unspecified atom stereocenters. The quantitative estimate of drug-likeness (QED) is 0.927. The summed E-state index contributed by atoms with van der Waals surface area (Å²) in [5.74, 6) is -0.799. The zero-order chi connectivity index (χ0) is 15.7. The van der Waals surface area contributed by atoms with Gasteiger partial charge in [-0.05, 0) is 42.3 Å². The standard InChI is InChI=1S/C17H14F2N2O/c18-13-3-1-11(2-4-13)17-8-15(22)10-21(17)16-6-5-14(19)7-12(16)9-20/h1-7,15,17,22H,8,10H2/t15-,17+/m0/s1. The fraction of sp³-hybridized carbons (Fsp3) is 0.235. The summed E-state index contributed by atoms with van der Waals surface area (Å²) in [6.07, 6.45) is -0.0694. The van der Waals surface area contributed by atoms with Crippen molar-refractivity contribution in [3.63, 3.8) is 0 Å². The molecule has 0 spiro atoms. The van der Waals surface area contributed by atoms with Gasteiger partial charge in [-0.25, -0.2) is 8.78 Å². The molecule has 0 amide bonds. The number of nitrogens with zero attached hydrogens (tertiary/aromatic N) is 2. The highest BCUT2D eigenvalue weighted by Crippen LogP contribution is 2.37. The molecule has 1 N–H and O–H groups in total. The third-order valence-corrected chi connectivity index (χ3v) is 3.92. The van der Waals surface area contributed by atoms with Crippen LogP contribution in [0.1, 0.15) is 23.6 Å². The van der Waals surface area contributed by atoms with Gasteiger partial charge < -0.3 is 10.0 Å². The molecular formula is C17H14F2N2O. The molecule has 112 valence electrons. The Labute approximate surface area is 127 Å². The molecule has 1 aliphatic heterocycles. The maximum atomic E-state index is 13.3. The van der Waals surface area contributed by atoms with Gasteiger partial charge in [0.1, 0.15) is 17.7 Å². The number of aliphatic hydroxyl groups is 1. The van der Waals surface area contributed by atoms with Crippen LogP contribution in [0, 0.1) is 23.0 Å². The van der Waals surface area contributed by atoms with Gasteiger partial charge in [0, 0.05) is 6.54 Å². The van der Waals surface area contributed by atoms with E-state index in [0.29, 0.717) is 18.7 Å². The average Bonchev–Trinajstić information content (AvgIpc) is 2.89. The Morgan fingerprint density at radius 2 is 1.77 bits per heavy atom. The summed E-state index contributed by atoms with van der Waals surface area (Å²) in [6.45, 7) is 0.350. The lowest BCUT2D eigenvalue weighted by Crippen LogP contribution is -2.25. The lowest BCUT2D eigenvalue weighted by Gasteiger charge is -2.27. The predicted octanol–water partition coefficient (Wildman–Crippen LogP) is 3.15. The molecule has 1 fully saturated rings. The Morgan fingerprint density at radius 3 is 2.45 bits per heavy atom. The van der Waals surface area contributed by atoms with Gasteiger partial charge in [-0.2, -0.15) is 5.26 Å². The van der Waals surface area contributed by atoms with E-state index in [1.165, 1.54) is 24.3 Å². The zero-order valence-corrected chi connectivity index (χ0v) is 11.7. The van der Waals surface area contributed by atoms with Gasteiger partial charge in [-0.15, -0.1) is 0 Å². The molecular weight excluding hydrogens is 286 g/mol. The Bertz CT molecular complexity index is 724. The summed E-state index contributed by atoms with van der Waals surface area (Å²) in [6, 6.07) is 11.9. The van der Waals surface area contributed by atoms with Gasteiger partial charge in [0.05, 0.1) is 23.4 Å². The van der Waals surface area contributed by atoms with Crippen LogP contribution >= 0.6 is 0 Å². The molecule has 1 aliphatic rings. The van der Waals surface area contributed by atoms with E-state index in [-0.39, 0.29) is 17.4 Å². The Hall–Kier alpha value is -2.45. The van der Waals surface area contributed by atoms with E-state index < -0.39 is 11.9 Å². The number of anilines is 1. The van der Waals surface area contributed by atoms with E-state index in [1.807, 2.05) is 11.0 Å².